The highest BCUT2D eigenvalue weighted by Gasteiger charge is 2.30. The molecule has 0 atom stereocenters. The number of rotatable bonds is 5. The topological polar surface area (TPSA) is 104 Å². The molecule has 0 aliphatic carbocycles. The van der Waals surface area contributed by atoms with Crippen molar-refractivity contribution in [2.24, 2.45) is 0 Å². The van der Waals surface area contributed by atoms with Crippen molar-refractivity contribution in [1.82, 2.24) is 9.97 Å². The Morgan fingerprint density at radius 2 is 1.80 bits per heavy atom. The standard InChI is InChI=1S/C22H21ClN2O4S/c23-17-4-1-3-16(13-17)22-24-18-5-2-10-30(28,29)21(18)19(25-22)11-14-6-8-15(9-7-14)12-20(26)27/h1,3-4,6-9,13,28-29H,2,5,10-12H2,(H,26,27). The Labute approximate surface area is 180 Å². The van der Waals surface area contributed by atoms with Gasteiger partial charge < -0.3 is 5.11 Å². The minimum Gasteiger partial charge on any atom is -0.481 e. The maximum absolute atomic E-state index is 10.9. The van der Waals surface area contributed by atoms with Gasteiger partial charge in [-0.15, -0.1) is 0 Å². The lowest BCUT2D eigenvalue weighted by atomic mass is 10.0. The minimum absolute atomic E-state index is 0.0390. The van der Waals surface area contributed by atoms with Crippen LogP contribution in [0.3, 0.4) is 0 Å². The van der Waals surface area contributed by atoms with Gasteiger partial charge in [0.1, 0.15) is 4.90 Å². The van der Waals surface area contributed by atoms with Crippen molar-refractivity contribution in [3.05, 3.63) is 76.1 Å². The summed E-state index contributed by atoms with van der Waals surface area (Å²) in [6.45, 7) is 0. The molecule has 30 heavy (non-hydrogen) atoms. The van der Waals surface area contributed by atoms with Gasteiger partial charge >= 0.3 is 5.97 Å². The summed E-state index contributed by atoms with van der Waals surface area (Å²) in [6, 6.07) is 14.5. The van der Waals surface area contributed by atoms with Crippen LogP contribution >= 0.6 is 22.2 Å². The highest BCUT2D eigenvalue weighted by atomic mass is 35.5. The average Bonchev–Trinajstić information content (AvgIpc) is 2.68. The van der Waals surface area contributed by atoms with Crippen LogP contribution in [0.15, 0.2) is 53.4 Å². The van der Waals surface area contributed by atoms with Crippen LogP contribution in [-0.2, 0) is 24.1 Å². The van der Waals surface area contributed by atoms with Gasteiger partial charge in [0, 0.05) is 22.8 Å². The SMILES string of the molecule is O=C(O)Cc1ccc(Cc2nc(-c3cccc(Cl)c3)nc3c2S(O)(O)CCC3)cc1. The molecule has 0 radical (unpaired) electrons. The molecule has 0 saturated carbocycles. The number of halogens is 1. The molecule has 8 heteroatoms. The predicted octanol–water partition coefficient (Wildman–Crippen LogP) is 5.07. The Balaban J connectivity index is 1.77. The largest absolute Gasteiger partial charge is 0.481 e. The van der Waals surface area contributed by atoms with Crippen LogP contribution in [0.5, 0.6) is 0 Å². The first-order valence-corrected chi connectivity index (χ1v) is 11.6. The van der Waals surface area contributed by atoms with Crippen LogP contribution in [0, 0.1) is 0 Å². The van der Waals surface area contributed by atoms with Gasteiger partial charge in [-0.2, -0.15) is 10.6 Å². The molecule has 0 unspecified atom stereocenters. The molecule has 0 bridgehead atoms. The summed E-state index contributed by atoms with van der Waals surface area (Å²) in [4.78, 5) is 20.7. The van der Waals surface area contributed by atoms with Gasteiger partial charge in [-0.1, -0.05) is 48.0 Å². The zero-order valence-corrected chi connectivity index (χ0v) is 17.7. The molecule has 156 valence electrons. The average molecular weight is 445 g/mol. The molecule has 4 rings (SSSR count). The van der Waals surface area contributed by atoms with Crippen LogP contribution in [-0.4, -0.2) is 35.9 Å². The minimum atomic E-state index is -2.95. The fraction of sp³-hybridized carbons (Fsp3) is 0.227. The Morgan fingerprint density at radius 1 is 1.07 bits per heavy atom. The molecule has 0 saturated heterocycles. The number of aromatic nitrogens is 2. The third kappa shape index (κ3) is 4.49. The highest BCUT2D eigenvalue weighted by Crippen LogP contribution is 2.54. The predicted molar refractivity (Wildman–Crippen MR) is 117 cm³/mol. The number of carbonyl (C=O) groups is 1. The van der Waals surface area contributed by atoms with Crippen LogP contribution in [0.2, 0.25) is 5.02 Å². The second kappa shape index (κ2) is 8.35. The van der Waals surface area contributed by atoms with Crippen molar-refractivity contribution in [1.29, 1.82) is 0 Å². The maximum atomic E-state index is 10.9. The van der Waals surface area contributed by atoms with Gasteiger partial charge in [0.15, 0.2) is 5.82 Å². The number of benzene rings is 2. The number of aryl methyl sites for hydroxylation is 1. The molecular weight excluding hydrogens is 424 g/mol. The third-order valence-corrected chi connectivity index (χ3v) is 7.23. The fourth-order valence-corrected chi connectivity index (χ4v) is 5.62. The lowest BCUT2D eigenvalue weighted by Crippen LogP contribution is -2.19. The van der Waals surface area contributed by atoms with Crippen molar-refractivity contribution in [3.8, 4) is 11.4 Å². The van der Waals surface area contributed by atoms with Crippen LogP contribution in [0.4, 0.5) is 0 Å². The van der Waals surface area contributed by atoms with Gasteiger partial charge in [-0.05, 0) is 36.1 Å². The second-order valence-electron chi connectivity index (χ2n) is 7.32. The Hall–Kier alpha value is -2.45. The number of carboxylic acids is 1. The van der Waals surface area contributed by atoms with Crippen molar-refractivity contribution in [3.63, 3.8) is 0 Å². The van der Waals surface area contributed by atoms with E-state index in [1.165, 1.54) is 0 Å². The summed E-state index contributed by atoms with van der Waals surface area (Å²) in [5.74, 6) is -0.0664. The summed E-state index contributed by atoms with van der Waals surface area (Å²) in [5, 5.41) is 9.52. The van der Waals surface area contributed by atoms with E-state index in [4.69, 9.17) is 21.7 Å². The molecule has 2 aromatic carbocycles. The Kier molecular flexibility index (Phi) is 5.79. The number of carboxylic acid groups (broad SMARTS) is 1. The molecule has 6 nitrogen and oxygen atoms in total. The summed E-state index contributed by atoms with van der Waals surface area (Å²) in [6.07, 6.45) is 1.67. The monoisotopic (exact) mass is 444 g/mol. The quantitative estimate of drug-likeness (QED) is 0.507. The molecule has 0 fully saturated rings. The zero-order chi connectivity index (χ0) is 21.3. The zero-order valence-electron chi connectivity index (χ0n) is 16.1. The van der Waals surface area contributed by atoms with E-state index in [1.807, 2.05) is 24.3 Å². The molecule has 1 aromatic heterocycles. The van der Waals surface area contributed by atoms with E-state index in [9.17, 15) is 13.9 Å². The van der Waals surface area contributed by atoms with E-state index in [2.05, 4.69) is 4.98 Å². The summed E-state index contributed by atoms with van der Waals surface area (Å²) >= 11 is 6.13. The van der Waals surface area contributed by atoms with E-state index in [0.29, 0.717) is 57.7 Å². The van der Waals surface area contributed by atoms with Crippen LogP contribution in [0.1, 0.15) is 28.9 Å². The lowest BCUT2D eigenvalue weighted by molar-refractivity contribution is -0.136. The smallest absolute Gasteiger partial charge is 0.307 e. The number of aliphatic carboxylic acids is 1. The molecule has 2 heterocycles. The van der Waals surface area contributed by atoms with Gasteiger partial charge in [0.05, 0.1) is 17.8 Å². The van der Waals surface area contributed by atoms with E-state index in [1.54, 1.807) is 24.3 Å². The van der Waals surface area contributed by atoms with E-state index >= 15 is 0 Å². The summed E-state index contributed by atoms with van der Waals surface area (Å²) in [7, 11) is -2.95. The molecule has 0 spiro atoms. The van der Waals surface area contributed by atoms with Crippen molar-refractivity contribution in [2.45, 2.75) is 30.6 Å². The normalized spacial score (nSPS) is 16.0. The van der Waals surface area contributed by atoms with E-state index in [0.717, 1.165) is 11.1 Å². The molecule has 3 N–H and O–H groups in total. The first-order valence-electron chi connectivity index (χ1n) is 9.53. The molecule has 1 aliphatic rings. The first-order chi connectivity index (χ1) is 14.3. The van der Waals surface area contributed by atoms with Gasteiger partial charge in [-0.25, -0.2) is 9.97 Å². The fourth-order valence-electron chi connectivity index (χ4n) is 3.66. The van der Waals surface area contributed by atoms with Crippen molar-refractivity contribution >= 4 is 28.2 Å². The Bertz CT molecular complexity index is 1100. The van der Waals surface area contributed by atoms with Crippen molar-refractivity contribution in [2.75, 3.05) is 5.75 Å². The number of hydrogen-bond acceptors (Lipinski definition) is 5. The molecule has 1 aliphatic heterocycles. The van der Waals surface area contributed by atoms with Crippen LogP contribution < -0.4 is 0 Å². The Morgan fingerprint density at radius 3 is 2.50 bits per heavy atom. The number of nitrogens with zero attached hydrogens (tertiary/aromatic N) is 2. The highest BCUT2D eigenvalue weighted by molar-refractivity contribution is 8.24. The van der Waals surface area contributed by atoms with Crippen LogP contribution in [0.25, 0.3) is 11.4 Å². The third-order valence-electron chi connectivity index (χ3n) is 5.01. The van der Waals surface area contributed by atoms with Gasteiger partial charge in [0.2, 0.25) is 0 Å². The number of fused-ring (bicyclic) bond motifs is 1. The second-order valence-corrected chi connectivity index (χ2v) is 9.90. The van der Waals surface area contributed by atoms with Crippen molar-refractivity contribution < 1.29 is 19.0 Å². The first kappa shape index (κ1) is 20.8. The summed E-state index contributed by atoms with van der Waals surface area (Å²) in [5.41, 5.74) is 3.64. The van der Waals surface area contributed by atoms with E-state index in [-0.39, 0.29) is 6.42 Å². The molecule has 0 amide bonds. The maximum Gasteiger partial charge on any atom is 0.307 e. The lowest BCUT2D eigenvalue weighted by Gasteiger charge is -2.38. The molecule has 3 aromatic rings. The summed E-state index contributed by atoms with van der Waals surface area (Å²) < 4.78 is 21.4. The molecular formula is C22H21ClN2O4S. The van der Waals surface area contributed by atoms with Gasteiger partial charge in [0.25, 0.3) is 0 Å². The van der Waals surface area contributed by atoms with Gasteiger partial charge in [-0.3, -0.25) is 13.9 Å². The number of hydrogen-bond donors (Lipinski definition) is 3. The van der Waals surface area contributed by atoms with E-state index < -0.39 is 16.6 Å².